The number of halogens is 1. The van der Waals surface area contributed by atoms with E-state index in [2.05, 4.69) is 0 Å². The molecule has 0 aromatic carbocycles. The molecule has 1 unspecified atom stereocenters. The van der Waals surface area contributed by atoms with Gasteiger partial charge in [-0.25, -0.2) is 0 Å². The summed E-state index contributed by atoms with van der Waals surface area (Å²) in [4.78, 5) is 11.2. The molecule has 0 radical (unpaired) electrons. The van der Waals surface area contributed by atoms with Gasteiger partial charge in [-0.2, -0.15) is 0 Å². The molecule has 0 rings (SSSR count). The van der Waals surface area contributed by atoms with Crippen LogP contribution in [0, 0.1) is 0 Å². The maximum Gasteiger partial charge on any atom is 0.323 e. The normalized spacial score (nSPS) is 13.0. The molecule has 80 valence electrons. The molecule has 13 heavy (non-hydrogen) atoms. The zero-order valence-electron chi connectivity index (χ0n) is 8.79. The van der Waals surface area contributed by atoms with Gasteiger partial charge in [-0.15, -0.1) is 12.4 Å². The van der Waals surface area contributed by atoms with Crippen LogP contribution in [-0.4, -0.2) is 17.6 Å². The van der Waals surface area contributed by atoms with Gasteiger partial charge < -0.3 is 10.5 Å². The van der Waals surface area contributed by atoms with Crippen LogP contribution in [0.1, 0.15) is 40.5 Å². The lowest BCUT2D eigenvalue weighted by molar-refractivity contribution is -0.156. The van der Waals surface area contributed by atoms with Crippen LogP contribution in [-0.2, 0) is 9.53 Å². The minimum atomic E-state index is -0.464. The van der Waals surface area contributed by atoms with Crippen LogP contribution in [0.5, 0.6) is 0 Å². The van der Waals surface area contributed by atoms with E-state index in [1.807, 2.05) is 27.7 Å². The van der Waals surface area contributed by atoms with E-state index in [1.165, 1.54) is 0 Å². The van der Waals surface area contributed by atoms with Crippen LogP contribution < -0.4 is 5.73 Å². The Kier molecular flexibility index (Phi) is 7.27. The highest BCUT2D eigenvalue weighted by Crippen LogP contribution is 2.09. The van der Waals surface area contributed by atoms with E-state index in [0.717, 1.165) is 6.42 Å². The Morgan fingerprint density at radius 2 is 1.92 bits per heavy atom. The molecule has 0 fully saturated rings. The maximum atomic E-state index is 11.2. The molecule has 3 nitrogen and oxygen atoms in total. The Hall–Kier alpha value is -0.280. The van der Waals surface area contributed by atoms with Crippen molar-refractivity contribution >= 4 is 18.4 Å². The van der Waals surface area contributed by atoms with Gasteiger partial charge in [-0.1, -0.05) is 13.3 Å². The molecule has 0 saturated heterocycles. The molecule has 1 atom stereocenters. The van der Waals surface area contributed by atoms with Gasteiger partial charge in [-0.3, -0.25) is 4.79 Å². The molecular weight excluding hydrogens is 190 g/mol. The van der Waals surface area contributed by atoms with Gasteiger partial charge >= 0.3 is 5.97 Å². The number of rotatable bonds is 3. The summed E-state index contributed by atoms with van der Waals surface area (Å²) in [7, 11) is 0. The van der Waals surface area contributed by atoms with Crippen LogP contribution >= 0.6 is 12.4 Å². The van der Waals surface area contributed by atoms with E-state index in [4.69, 9.17) is 10.5 Å². The first-order valence-electron chi connectivity index (χ1n) is 4.35. The average Bonchev–Trinajstić information content (AvgIpc) is 1.84. The maximum absolute atomic E-state index is 11.2. The van der Waals surface area contributed by atoms with Crippen molar-refractivity contribution in [3.63, 3.8) is 0 Å². The predicted octanol–water partition coefficient (Wildman–Crippen LogP) is 1.88. The summed E-state index contributed by atoms with van der Waals surface area (Å²) in [6, 6.07) is -0.464. The van der Waals surface area contributed by atoms with Crippen molar-refractivity contribution in [2.24, 2.45) is 5.73 Å². The second-order valence-electron chi connectivity index (χ2n) is 3.93. The molecule has 0 heterocycles. The van der Waals surface area contributed by atoms with Crippen molar-refractivity contribution in [2.45, 2.75) is 52.2 Å². The second-order valence-corrected chi connectivity index (χ2v) is 3.93. The van der Waals surface area contributed by atoms with Gasteiger partial charge in [-0.05, 0) is 27.2 Å². The Labute approximate surface area is 86.4 Å². The summed E-state index contributed by atoms with van der Waals surface area (Å²) < 4.78 is 5.09. The molecule has 0 aromatic heterocycles. The lowest BCUT2D eigenvalue weighted by Crippen LogP contribution is -2.37. The Balaban J connectivity index is 0. The molecule has 0 aliphatic carbocycles. The number of ether oxygens (including phenoxy) is 1. The number of carbonyl (C=O) groups is 1. The fourth-order valence-electron chi connectivity index (χ4n) is 0.806. The third-order valence-electron chi connectivity index (χ3n) is 1.31. The quantitative estimate of drug-likeness (QED) is 0.723. The van der Waals surface area contributed by atoms with Crippen LogP contribution in [0.15, 0.2) is 0 Å². The summed E-state index contributed by atoms with van der Waals surface area (Å²) in [6.07, 6.45) is 1.59. The van der Waals surface area contributed by atoms with Crippen molar-refractivity contribution < 1.29 is 9.53 Å². The SMILES string of the molecule is CCCC(N)C(=O)OC(C)(C)C.Cl. The molecule has 0 aromatic rings. The topological polar surface area (TPSA) is 52.3 Å². The van der Waals surface area contributed by atoms with E-state index in [-0.39, 0.29) is 18.4 Å². The predicted molar refractivity (Wildman–Crippen MR) is 56.0 cm³/mol. The molecule has 0 amide bonds. The molecule has 4 heteroatoms. The van der Waals surface area contributed by atoms with E-state index in [9.17, 15) is 4.79 Å². The summed E-state index contributed by atoms with van der Waals surface area (Å²) in [5.41, 5.74) is 5.13. The van der Waals surface area contributed by atoms with Crippen LogP contribution in [0.2, 0.25) is 0 Å². The van der Waals surface area contributed by atoms with Gasteiger partial charge in [0, 0.05) is 0 Å². The van der Waals surface area contributed by atoms with E-state index in [0.29, 0.717) is 6.42 Å². The average molecular weight is 210 g/mol. The molecule has 0 aliphatic heterocycles. The summed E-state index contributed by atoms with van der Waals surface area (Å²) in [5, 5.41) is 0. The third kappa shape index (κ3) is 8.06. The van der Waals surface area contributed by atoms with E-state index >= 15 is 0 Å². The second kappa shape index (κ2) is 6.22. The third-order valence-corrected chi connectivity index (χ3v) is 1.31. The Morgan fingerprint density at radius 3 is 2.23 bits per heavy atom. The molecule has 0 bridgehead atoms. The van der Waals surface area contributed by atoms with E-state index in [1.54, 1.807) is 0 Å². The van der Waals surface area contributed by atoms with Crippen molar-refractivity contribution in [1.29, 1.82) is 0 Å². The summed E-state index contributed by atoms with van der Waals surface area (Å²) >= 11 is 0. The van der Waals surface area contributed by atoms with Gasteiger partial charge in [0.2, 0.25) is 0 Å². The van der Waals surface area contributed by atoms with Crippen LogP contribution in [0.25, 0.3) is 0 Å². The largest absolute Gasteiger partial charge is 0.459 e. The number of nitrogens with two attached hydrogens (primary N) is 1. The number of hydrogen-bond acceptors (Lipinski definition) is 3. The van der Waals surface area contributed by atoms with Gasteiger partial charge in [0.25, 0.3) is 0 Å². The minimum Gasteiger partial charge on any atom is -0.459 e. The van der Waals surface area contributed by atoms with Gasteiger partial charge in [0.1, 0.15) is 11.6 Å². The highest BCUT2D eigenvalue weighted by Gasteiger charge is 2.20. The molecule has 0 saturated carbocycles. The smallest absolute Gasteiger partial charge is 0.323 e. The first-order valence-corrected chi connectivity index (χ1v) is 4.35. The standard InChI is InChI=1S/C9H19NO2.ClH/c1-5-6-7(10)8(11)12-9(2,3)4;/h7H,5-6,10H2,1-4H3;1H. The zero-order valence-corrected chi connectivity index (χ0v) is 9.61. The monoisotopic (exact) mass is 209 g/mol. The summed E-state index contributed by atoms with van der Waals surface area (Å²) in [6.45, 7) is 7.50. The van der Waals surface area contributed by atoms with Gasteiger partial charge in [0.15, 0.2) is 0 Å². The van der Waals surface area contributed by atoms with Crippen LogP contribution in [0.4, 0.5) is 0 Å². The zero-order chi connectivity index (χ0) is 9.78. The molecule has 0 spiro atoms. The van der Waals surface area contributed by atoms with Crippen LogP contribution in [0.3, 0.4) is 0 Å². The minimum absolute atomic E-state index is 0. The summed E-state index contributed by atoms with van der Waals surface area (Å²) in [5.74, 6) is -0.302. The Morgan fingerprint density at radius 1 is 1.46 bits per heavy atom. The first kappa shape index (κ1) is 15.2. The fraction of sp³-hybridized carbons (Fsp3) is 0.889. The van der Waals surface area contributed by atoms with Crippen molar-refractivity contribution in [3.05, 3.63) is 0 Å². The number of esters is 1. The van der Waals surface area contributed by atoms with Crippen molar-refractivity contribution in [2.75, 3.05) is 0 Å². The van der Waals surface area contributed by atoms with E-state index < -0.39 is 11.6 Å². The fourth-order valence-corrected chi connectivity index (χ4v) is 0.806. The molecule has 0 aliphatic rings. The highest BCUT2D eigenvalue weighted by molar-refractivity contribution is 5.85. The first-order chi connectivity index (χ1) is 5.37. The van der Waals surface area contributed by atoms with Gasteiger partial charge in [0.05, 0.1) is 0 Å². The molecule has 2 N–H and O–H groups in total. The molecular formula is C9H20ClNO2. The number of hydrogen-bond donors (Lipinski definition) is 1. The van der Waals surface area contributed by atoms with Crippen molar-refractivity contribution in [1.82, 2.24) is 0 Å². The highest BCUT2D eigenvalue weighted by atomic mass is 35.5. The lowest BCUT2D eigenvalue weighted by Gasteiger charge is -2.21. The number of carbonyl (C=O) groups excluding carboxylic acids is 1. The lowest BCUT2D eigenvalue weighted by atomic mass is 10.1. The Bertz CT molecular complexity index is 154. The van der Waals surface area contributed by atoms with Crippen molar-refractivity contribution in [3.8, 4) is 0 Å².